The van der Waals surface area contributed by atoms with Gasteiger partial charge in [0.1, 0.15) is 18.9 Å². The molecular weight excluding hydrogens is 358 g/mol. The number of nitro benzene ring substituents is 1. The molecule has 0 saturated heterocycles. The molecule has 0 aliphatic rings. The second-order valence-electron chi connectivity index (χ2n) is 5.60. The van der Waals surface area contributed by atoms with Crippen LogP contribution in [0.2, 0.25) is 0 Å². The SMILES string of the molecule is CC(=O)OCCNc1ccc2c(=O)n(CCOC(C)=O)ccc2c1[N+](=O)[O-]. The Kier molecular flexibility index (Phi) is 6.47. The molecule has 1 aromatic carbocycles. The Labute approximate surface area is 153 Å². The van der Waals surface area contributed by atoms with Crippen LogP contribution in [0, 0.1) is 10.1 Å². The molecule has 2 aromatic rings. The fourth-order valence-electron chi connectivity index (χ4n) is 2.53. The van der Waals surface area contributed by atoms with Crippen LogP contribution in [0.3, 0.4) is 0 Å². The number of hydrogen-bond acceptors (Lipinski definition) is 8. The van der Waals surface area contributed by atoms with Gasteiger partial charge in [0, 0.05) is 26.6 Å². The Balaban J connectivity index is 2.32. The average Bonchev–Trinajstić information content (AvgIpc) is 2.59. The van der Waals surface area contributed by atoms with Gasteiger partial charge in [0.25, 0.3) is 11.2 Å². The number of benzene rings is 1. The Morgan fingerprint density at radius 3 is 2.41 bits per heavy atom. The van der Waals surface area contributed by atoms with Crippen LogP contribution < -0.4 is 10.9 Å². The lowest BCUT2D eigenvalue weighted by molar-refractivity contribution is -0.382. The van der Waals surface area contributed by atoms with Crippen molar-refractivity contribution in [3.05, 3.63) is 44.9 Å². The molecular formula is C17H19N3O7. The summed E-state index contributed by atoms with van der Waals surface area (Å²) in [5.41, 5.74) is -0.439. The van der Waals surface area contributed by atoms with Crippen molar-refractivity contribution in [2.75, 3.05) is 25.1 Å². The molecule has 144 valence electrons. The van der Waals surface area contributed by atoms with Gasteiger partial charge in [-0.15, -0.1) is 0 Å². The first-order valence-electron chi connectivity index (χ1n) is 8.12. The lowest BCUT2D eigenvalue weighted by atomic mass is 10.1. The van der Waals surface area contributed by atoms with Gasteiger partial charge in [-0.1, -0.05) is 0 Å². The number of anilines is 1. The third-order valence-electron chi connectivity index (χ3n) is 3.67. The molecule has 0 spiro atoms. The number of aromatic nitrogens is 1. The van der Waals surface area contributed by atoms with Crippen LogP contribution in [0.25, 0.3) is 10.8 Å². The summed E-state index contributed by atoms with van der Waals surface area (Å²) in [4.78, 5) is 45.1. The molecule has 0 fully saturated rings. The van der Waals surface area contributed by atoms with Gasteiger partial charge in [-0.25, -0.2) is 0 Å². The largest absolute Gasteiger partial charge is 0.464 e. The summed E-state index contributed by atoms with van der Waals surface area (Å²) in [6, 6.07) is 4.40. The van der Waals surface area contributed by atoms with Gasteiger partial charge in [0.2, 0.25) is 0 Å². The molecule has 0 bridgehead atoms. The average molecular weight is 377 g/mol. The van der Waals surface area contributed by atoms with E-state index < -0.39 is 22.4 Å². The van der Waals surface area contributed by atoms with E-state index in [-0.39, 0.29) is 48.5 Å². The topological polar surface area (TPSA) is 130 Å². The number of fused-ring (bicyclic) bond motifs is 1. The van der Waals surface area contributed by atoms with Crippen molar-refractivity contribution in [1.29, 1.82) is 0 Å². The van der Waals surface area contributed by atoms with Gasteiger partial charge < -0.3 is 19.4 Å². The number of esters is 2. The zero-order valence-electron chi connectivity index (χ0n) is 14.9. The number of pyridine rings is 1. The Morgan fingerprint density at radius 1 is 1.11 bits per heavy atom. The van der Waals surface area contributed by atoms with E-state index in [4.69, 9.17) is 9.47 Å². The normalized spacial score (nSPS) is 10.4. The van der Waals surface area contributed by atoms with E-state index in [2.05, 4.69) is 5.32 Å². The summed E-state index contributed by atoms with van der Waals surface area (Å²) in [7, 11) is 0. The van der Waals surface area contributed by atoms with Gasteiger partial charge in [0.05, 0.1) is 22.2 Å². The van der Waals surface area contributed by atoms with E-state index in [0.29, 0.717) is 0 Å². The highest BCUT2D eigenvalue weighted by Crippen LogP contribution is 2.31. The predicted octanol–water partition coefficient (Wildman–Crippen LogP) is 1.45. The minimum Gasteiger partial charge on any atom is -0.464 e. The predicted molar refractivity (Wildman–Crippen MR) is 96.6 cm³/mol. The lowest BCUT2D eigenvalue weighted by Crippen LogP contribution is -2.22. The molecule has 0 radical (unpaired) electrons. The van der Waals surface area contributed by atoms with E-state index in [1.54, 1.807) is 0 Å². The summed E-state index contributed by atoms with van der Waals surface area (Å²) in [5, 5.41) is 14.7. The molecule has 0 aliphatic carbocycles. The smallest absolute Gasteiger partial charge is 0.302 e. The highest BCUT2D eigenvalue weighted by Gasteiger charge is 2.20. The van der Waals surface area contributed by atoms with E-state index in [1.807, 2.05) is 0 Å². The van der Waals surface area contributed by atoms with Crippen LogP contribution in [0.15, 0.2) is 29.2 Å². The first-order chi connectivity index (χ1) is 12.8. The van der Waals surface area contributed by atoms with Crippen molar-refractivity contribution >= 4 is 34.1 Å². The fourth-order valence-corrected chi connectivity index (χ4v) is 2.53. The van der Waals surface area contributed by atoms with Gasteiger partial charge in [-0.05, 0) is 18.2 Å². The molecule has 0 amide bonds. The van der Waals surface area contributed by atoms with E-state index in [0.717, 1.165) is 0 Å². The first kappa shape index (κ1) is 19.9. The Hall–Kier alpha value is -3.43. The molecule has 0 atom stereocenters. The number of nitrogens with one attached hydrogen (secondary N) is 1. The Morgan fingerprint density at radius 2 is 1.78 bits per heavy atom. The van der Waals surface area contributed by atoms with Gasteiger partial charge >= 0.3 is 11.9 Å². The lowest BCUT2D eigenvalue weighted by Gasteiger charge is -2.11. The summed E-state index contributed by atoms with van der Waals surface area (Å²) in [5.74, 6) is -0.900. The van der Waals surface area contributed by atoms with Crippen LogP contribution in [-0.4, -0.2) is 41.2 Å². The van der Waals surface area contributed by atoms with E-state index in [1.165, 1.54) is 42.8 Å². The maximum atomic E-state index is 12.5. The number of nitrogens with zero attached hydrogens (tertiary/aromatic N) is 2. The van der Waals surface area contributed by atoms with Crippen molar-refractivity contribution in [1.82, 2.24) is 4.57 Å². The molecule has 1 heterocycles. The minimum atomic E-state index is -0.570. The van der Waals surface area contributed by atoms with E-state index in [9.17, 15) is 24.5 Å². The highest BCUT2D eigenvalue weighted by atomic mass is 16.6. The van der Waals surface area contributed by atoms with Crippen LogP contribution >= 0.6 is 0 Å². The number of nitro groups is 1. The zero-order chi connectivity index (χ0) is 20.0. The summed E-state index contributed by atoms with van der Waals surface area (Å²) in [6.07, 6.45) is 1.42. The molecule has 10 nitrogen and oxygen atoms in total. The van der Waals surface area contributed by atoms with Crippen molar-refractivity contribution in [3.63, 3.8) is 0 Å². The highest BCUT2D eigenvalue weighted by molar-refractivity contribution is 5.96. The quantitative estimate of drug-likeness (QED) is 0.317. The van der Waals surface area contributed by atoms with Gasteiger partial charge in [-0.3, -0.25) is 24.5 Å². The molecule has 2 rings (SSSR count). The van der Waals surface area contributed by atoms with Crippen LogP contribution in [0.1, 0.15) is 13.8 Å². The van der Waals surface area contributed by atoms with Crippen molar-refractivity contribution in [3.8, 4) is 0 Å². The maximum absolute atomic E-state index is 12.5. The van der Waals surface area contributed by atoms with Crippen molar-refractivity contribution in [2.45, 2.75) is 20.4 Å². The number of ether oxygens (including phenoxy) is 2. The number of carbonyl (C=O) groups excluding carboxylic acids is 2. The minimum absolute atomic E-state index is 0.0264. The van der Waals surface area contributed by atoms with Crippen molar-refractivity contribution in [2.24, 2.45) is 0 Å². The van der Waals surface area contributed by atoms with Crippen LogP contribution in [0.5, 0.6) is 0 Å². The second kappa shape index (κ2) is 8.79. The molecule has 0 saturated carbocycles. The molecule has 1 aromatic heterocycles. The number of rotatable bonds is 8. The van der Waals surface area contributed by atoms with Crippen LogP contribution in [-0.2, 0) is 25.6 Å². The maximum Gasteiger partial charge on any atom is 0.302 e. The monoisotopic (exact) mass is 377 g/mol. The van der Waals surface area contributed by atoms with Gasteiger partial charge in [0.15, 0.2) is 0 Å². The Bertz CT molecular complexity index is 936. The second-order valence-corrected chi connectivity index (χ2v) is 5.60. The fraction of sp³-hybridized carbons (Fsp3) is 0.353. The van der Waals surface area contributed by atoms with Crippen molar-refractivity contribution < 1.29 is 24.0 Å². The summed E-state index contributed by atoms with van der Waals surface area (Å²) >= 11 is 0. The summed E-state index contributed by atoms with van der Waals surface area (Å²) < 4.78 is 10.9. The van der Waals surface area contributed by atoms with E-state index >= 15 is 0 Å². The number of hydrogen-bond donors (Lipinski definition) is 1. The third-order valence-corrected chi connectivity index (χ3v) is 3.67. The first-order valence-corrected chi connectivity index (χ1v) is 8.12. The molecule has 1 N–H and O–H groups in total. The summed E-state index contributed by atoms with van der Waals surface area (Å²) in [6.45, 7) is 2.95. The molecule has 0 unspecified atom stereocenters. The molecule has 27 heavy (non-hydrogen) atoms. The van der Waals surface area contributed by atoms with Crippen LogP contribution in [0.4, 0.5) is 11.4 Å². The zero-order valence-corrected chi connectivity index (χ0v) is 14.9. The molecule has 0 aliphatic heterocycles. The van der Waals surface area contributed by atoms with Gasteiger partial charge in [-0.2, -0.15) is 0 Å². The molecule has 10 heteroatoms. The standard InChI is InChI=1S/C17H19N3O7/c1-11(21)26-9-6-18-15-4-3-14-13(16(15)20(24)25)5-7-19(17(14)23)8-10-27-12(2)22/h3-5,7,18H,6,8-10H2,1-2H3. The third kappa shape index (κ3) is 5.03. The number of carbonyl (C=O) groups is 2.